The molecule has 0 aliphatic carbocycles. The lowest BCUT2D eigenvalue weighted by Gasteiger charge is -2.07. The van der Waals surface area contributed by atoms with Gasteiger partial charge in [-0.2, -0.15) is 5.10 Å². The Hall–Kier alpha value is -1.63. The maximum absolute atomic E-state index is 11.9. The van der Waals surface area contributed by atoms with E-state index in [1.54, 1.807) is 23.1 Å². The molecule has 21 heavy (non-hydrogen) atoms. The fourth-order valence-electron chi connectivity index (χ4n) is 1.67. The van der Waals surface area contributed by atoms with E-state index >= 15 is 0 Å². The Labute approximate surface area is 136 Å². The number of benzene rings is 1. The second-order valence-electron chi connectivity index (χ2n) is 4.00. The zero-order valence-corrected chi connectivity index (χ0v) is 13.3. The fraction of sp³-hybridized carbons (Fsp3) is 0.308. The van der Waals surface area contributed by atoms with Crippen molar-refractivity contribution in [3.63, 3.8) is 0 Å². The lowest BCUT2D eigenvalue weighted by molar-refractivity contribution is 0.0954. The summed E-state index contributed by atoms with van der Waals surface area (Å²) in [7, 11) is 0. The normalized spacial score (nSPS) is 9.38. The van der Waals surface area contributed by atoms with Gasteiger partial charge in [-0.3, -0.25) is 4.79 Å². The summed E-state index contributed by atoms with van der Waals surface area (Å²) in [5.74, 6) is -0.0835. The second-order valence-corrected chi connectivity index (χ2v) is 4.00. The highest BCUT2D eigenvalue weighted by molar-refractivity contribution is 5.94. The number of carbonyl (C=O) groups excluding carboxylic acids is 1. The van der Waals surface area contributed by atoms with Crippen LogP contribution in [0.1, 0.15) is 17.3 Å². The van der Waals surface area contributed by atoms with Gasteiger partial charge in [-0.1, -0.05) is 13.0 Å². The maximum Gasteiger partial charge on any atom is 0.251 e. The van der Waals surface area contributed by atoms with Crippen LogP contribution in [0.15, 0.2) is 36.9 Å². The molecule has 0 saturated heterocycles. The zero-order valence-electron chi connectivity index (χ0n) is 11.7. The van der Waals surface area contributed by atoms with Crippen LogP contribution in [-0.4, -0.2) is 40.3 Å². The van der Waals surface area contributed by atoms with Gasteiger partial charge in [0.25, 0.3) is 5.91 Å². The number of rotatable bonds is 6. The van der Waals surface area contributed by atoms with Gasteiger partial charge in [-0.25, -0.2) is 9.67 Å². The summed E-state index contributed by atoms with van der Waals surface area (Å²) >= 11 is 0. The summed E-state index contributed by atoms with van der Waals surface area (Å²) in [6, 6.07) is 7.28. The molecule has 0 unspecified atom stereocenters. The monoisotopic (exact) mass is 331 g/mol. The molecule has 0 bridgehead atoms. The predicted molar refractivity (Wildman–Crippen MR) is 86.7 cm³/mol. The smallest absolute Gasteiger partial charge is 0.251 e. The molecule has 0 aliphatic rings. The van der Waals surface area contributed by atoms with Crippen LogP contribution in [0.25, 0.3) is 5.69 Å². The third-order valence-corrected chi connectivity index (χ3v) is 2.63. The van der Waals surface area contributed by atoms with E-state index in [1.165, 1.54) is 6.33 Å². The fourth-order valence-corrected chi connectivity index (χ4v) is 1.67. The summed E-state index contributed by atoms with van der Waals surface area (Å²) < 4.78 is 1.62. The molecule has 0 aliphatic heterocycles. The van der Waals surface area contributed by atoms with Crippen LogP contribution >= 0.6 is 24.8 Å². The van der Waals surface area contributed by atoms with Crippen molar-refractivity contribution in [2.45, 2.75) is 6.92 Å². The average Bonchev–Trinajstić information content (AvgIpc) is 2.98. The number of carbonyl (C=O) groups is 1. The standard InChI is InChI=1S/C13H17N5O.2ClH/c1-2-14-6-7-16-13(19)11-4-3-5-12(8-11)18-10-15-9-17-18;;/h3-5,8-10,14H,2,6-7H2,1H3,(H,16,19);2*1H. The van der Waals surface area contributed by atoms with Crippen LogP contribution in [-0.2, 0) is 0 Å². The van der Waals surface area contributed by atoms with Crippen LogP contribution in [0.5, 0.6) is 0 Å². The molecule has 0 atom stereocenters. The van der Waals surface area contributed by atoms with E-state index in [1.807, 2.05) is 19.1 Å². The second kappa shape index (κ2) is 10.1. The van der Waals surface area contributed by atoms with Crippen molar-refractivity contribution in [2.75, 3.05) is 19.6 Å². The maximum atomic E-state index is 11.9. The number of halogens is 2. The summed E-state index contributed by atoms with van der Waals surface area (Å²) in [4.78, 5) is 15.8. The van der Waals surface area contributed by atoms with Crippen LogP contribution in [0.2, 0.25) is 0 Å². The van der Waals surface area contributed by atoms with Crippen LogP contribution < -0.4 is 10.6 Å². The van der Waals surface area contributed by atoms with E-state index < -0.39 is 0 Å². The van der Waals surface area contributed by atoms with Gasteiger partial charge in [0.2, 0.25) is 0 Å². The van der Waals surface area contributed by atoms with Gasteiger partial charge in [-0.15, -0.1) is 24.8 Å². The Bertz CT molecular complexity index is 533. The first-order valence-corrected chi connectivity index (χ1v) is 6.25. The van der Waals surface area contributed by atoms with E-state index in [4.69, 9.17) is 0 Å². The third-order valence-electron chi connectivity index (χ3n) is 2.63. The van der Waals surface area contributed by atoms with E-state index in [2.05, 4.69) is 20.7 Å². The van der Waals surface area contributed by atoms with Gasteiger partial charge < -0.3 is 10.6 Å². The molecule has 2 aromatic rings. The Morgan fingerprint density at radius 1 is 1.29 bits per heavy atom. The van der Waals surface area contributed by atoms with Crippen molar-refractivity contribution in [1.82, 2.24) is 25.4 Å². The Morgan fingerprint density at radius 2 is 2.10 bits per heavy atom. The van der Waals surface area contributed by atoms with E-state index in [9.17, 15) is 4.79 Å². The van der Waals surface area contributed by atoms with Gasteiger partial charge in [0.15, 0.2) is 0 Å². The Morgan fingerprint density at radius 3 is 2.76 bits per heavy atom. The number of amides is 1. The highest BCUT2D eigenvalue weighted by Crippen LogP contribution is 2.08. The number of hydrogen-bond donors (Lipinski definition) is 2. The summed E-state index contributed by atoms with van der Waals surface area (Å²) in [6.07, 6.45) is 3.06. The minimum absolute atomic E-state index is 0. The predicted octanol–water partition coefficient (Wildman–Crippen LogP) is 1.45. The van der Waals surface area contributed by atoms with E-state index in [0.717, 1.165) is 18.8 Å². The van der Waals surface area contributed by atoms with Crippen molar-refractivity contribution in [3.05, 3.63) is 42.5 Å². The largest absolute Gasteiger partial charge is 0.351 e. The Kier molecular flexibility index (Phi) is 9.36. The minimum Gasteiger partial charge on any atom is -0.351 e. The molecule has 116 valence electrons. The topological polar surface area (TPSA) is 71.8 Å². The van der Waals surface area contributed by atoms with E-state index in [-0.39, 0.29) is 30.7 Å². The summed E-state index contributed by atoms with van der Waals surface area (Å²) in [5.41, 5.74) is 1.43. The average molecular weight is 332 g/mol. The zero-order chi connectivity index (χ0) is 13.5. The number of nitrogens with zero attached hydrogens (tertiary/aromatic N) is 3. The van der Waals surface area contributed by atoms with Gasteiger partial charge in [0, 0.05) is 18.7 Å². The molecule has 2 rings (SSSR count). The van der Waals surface area contributed by atoms with Gasteiger partial charge in [-0.05, 0) is 24.7 Å². The molecule has 1 aromatic heterocycles. The van der Waals surface area contributed by atoms with Crippen molar-refractivity contribution in [1.29, 1.82) is 0 Å². The van der Waals surface area contributed by atoms with Crippen molar-refractivity contribution in [3.8, 4) is 5.69 Å². The van der Waals surface area contributed by atoms with Gasteiger partial charge in [0.1, 0.15) is 12.7 Å². The Balaban J connectivity index is 0.00000200. The summed E-state index contributed by atoms with van der Waals surface area (Å²) in [6.45, 7) is 4.31. The van der Waals surface area contributed by atoms with Crippen molar-refractivity contribution < 1.29 is 4.79 Å². The first-order valence-electron chi connectivity index (χ1n) is 6.25. The highest BCUT2D eigenvalue weighted by atomic mass is 35.5. The lowest BCUT2D eigenvalue weighted by Crippen LogP contribution is -2.31. The molecule has 0 saturated carbocycles. The molecule has 1 amide bonds. The van der Waals surface area contributed by atoms with E-state index in [0.29, 0.717) is 12.1 Å². The molecule has 0 fully saturated rings. The summed E-state index contributed by atoms with van der Waals surface area (Å²) in [5, 5.41) is 10.0. The van der Waals surface area contributed by atoms with Crippen molar-refractivity contribution >= 4 is 30.7 Å². The van der Waals surface area contributed by atoms with Crippen LogP contribution in [0.3, 0.4) is 0 Å². The molecule has 2 N–H and O–H groups in total. The minimum atomic E-state index is -0.0835. The first kappa shape index (κ1) is 19.4. The molecule has 8 heteroatoms. The quantitative estimate of drug-likeness (QED) is 0.786. The number of likely N-dealkylation sites (N-methyl/N-ethyl adjacent to an activating group) is 1. The SMILES string of the molecule is CCNCCNC(=O)c1cccc(-n2cncn2)c1.Cl.Cl. The number of aromatic nitrogens is 3. The van der Waals surface area contributed by atoms with Crippen LogP contribution in [0, 0.1) is 0 Å². The lowest BCUT2D eigenvalue weighted by atomic mass is 10.2. The molecule has 1 aromatic carbocycles. The molecule has 0 spiro atoms. The molecule has 1 heterocycles. The van der Waals surface area contributed by atoms with Gasteiger partial charge >= 0.3 is 0 Å². The van der Waals surface area contributed by atoms with Gasteiger partial charge in [0.05, 0.1) is 5.69 Å². The highest BCUT2D eigenvalue weighted by Gasteiger charge is 2.06. The first-order chi connectivity index (χ1) is 9.31. The molecule has 6 nitrogen and oxygen atoms in total. The van der Waals surface area contributed by atoms with Crippen molar-refractivity contribution in [2.24, 2.45) is 0 Å². The van der Waals surface area contributed by atoms with Crippen LogP contribution in [0.4, 0.5) is 0 Å². The molecule has 0 radical (unpaired) electrons. The number of nitrogens with one attached hydrogen (secondary N) is 2. The molecular formula is C13H19Cl2N5O. The number of hydrogen-bond acceptors (Lipinski definition) is 4. The molecular weight excluding hydrogens is 313 g/mol. The third kappa shape index (κ3) is 5.71.